The highest BCUT2D eigenvalue weighted by atomic mass is 16.6. The van der Waals surface area contributed by atoms with Crippen molar-refractivity contribution in [3.8, 4) is 0 Å². The molecule has 0 radical (unpaired) electrons. The molecule has 5 rings (SSSR count). The Morgan fingerprint density at radius 1 is 0.800 bits per heavy atom. The number of methoxy groups -OCH3 is 1. The highest BCUT2D eigenvalue weighted by molar-refractivity contribution is 5.76. The summed E-state index contributed by atoms with van der Waals surface area (Å²) in [6.07, 6.45) is 12.4. The zero-order valence-electron chi connectivity index (χ0n) is 27.5. The van der Waals surface area contributed by atoms with Gasteiger partial charge in [-0.3, -0.25) is 0 Å². The number of aliphatic hydroxyl groups excluding tert-OH is 1. The number of piperidine rings is 2. The van der Waals surface area contributed by atoms with Gasteiger partial charge < -0.3 is 24.4 Å². The lowest BCUT2D eigenvalue weighted by Gasteiger charge is -2.34. The maximum atomic E-state index is 12.6. The summed E-state index contributed by atoms with van der Waals surface area (Å²) in [5.41, 5.74) is 3.13. The number of carbonyl (C=O) groups is 1. The molecule has 0 unspecified atom stereocenters. The standard InChI is InChI=1S/C22H29N3O3.C13H21N3O/c1-4-17-14-23-22(24-15-17)25-12-10-18(11-13-25)16(2)28-21(26)20(27-3)19-8-6-5-7-9-19;1-3-11-8-14-13(15-9-11)16-6-4-12(5-7-16)10(2)17/h5-9,14-16,18,20H,4,10-13H2,1-3H3;8-10,12,17H,3-7H2,1-2H3/t16-,20+;10-/m00/s1. The molecular weight excluding hydrogens is 568 g/mol. The van der Waals surface area contributed by atoms with Gasteiger partial charge in [0.25, 0.3) is 0 Å². The first-order valence-corrected chi connectivity index (χ1v) is 16.4. The second-order valence-corrected chi connectivity index (χ2v) is 12.0. The number of carbonyl (C=O) groups excluding carboxylic acids is 1. The van der Waals surface area contributed by atoms with Crippen molar-refractivity contribution in [2.24, 2.45) is 11.8 Å². The lowest BCUT2D eigenvalue weighted by molar-refractivity contribution is -0.163. The van der Waals surface area contributed by atoms with Crippen molar-refractivity contribution in [1.29, 1.82) is 0 Å². The van der Waals surface area contributed by atoms with Gasteiger partial charge in [-0.15, -0.1) is 0 Å². The van der Waals surface area contributed by atoms with Crippen molar-refractivity contribution in [2.75, 3.05) is 43.1 Å². The van der Waals surface area contributed by atoms with Crippen molar-refractivity contribution >= 4 is 17.9 Å². The molecule has 4 heterocycles. The molecule has 2 aliphatic heterocycles. The monoisotopic (exact) mass is 618 g/mol. The number of aromatic nitrogens is 4. The molecule has 0 spiro atoms. The van der Waals surface area contributed by atoms with Crippen LogP contribution in [-0.4, -0.2) is 76.5 Å². The summed E-state index contributed by atoms with van der Waals surface area (Å²) in [4.78, 5) is 34.7. The Balaban J connectivity index is 0.000000231. The van der Waals surface area contributed by atoms with Crippen LogP contribution in [0.15, 0.2) is 55.1 Å². The van der Waals surface area contributed by atoms with Gasteiger partial charge in [-0.2, -0.15) is 0 Å². The number of benzene rings is 1. The van der Waals surface area contributed by atoms with E-state index < -0.39 is 6.10 Å². The van der Waals surface area contributed by atoms with E-state index in [4.69, 9.17) is 9.47 Å². The Labute approximate surface area is 268 Å². The van der Waals surface area contributed by atoms with Gasteiger partial charge in [0, 0.05) is 58.1 Å². The number of rotatable bonds is 10. The molecule has 244 valence electrons. The van der Waals surface area contributed by atoms with Crippen LogP contribution < -0.4 is 9.80 Å². The number of ether oxygens (including phenoxy) is 2. The van der Waals surface area contributed by atoms with E-state index in [1.165, 1.54) is 12.7 Å². The molecule has 45 heavy (non-hydrogen) atoms. The van der Waals surface area contributed by atoms with Crippen LogP contribution in [0, 0.1) is 11.8 Å². The predicted octanol–water partition coefficient (Wildman–Crippen LogP) is 5.21. The van der Waals surface area contributed by atoms with E-state index in [0.717, 1.165) is 87.7 Å². The Bertz CT molecular complexity index is 1280. The fraction of sp³-hybridized carbons (Fsp3) is 0.571. The van der Waals surface area contributed by atoms with Crippen LogP contribution in [0.3, 0.4) is 0 Å². The fourth-order valence-corrected chi connectivity index (χ4v) is 5.88. The summed E-state index contributed by atoms with van der Waals surface area (Å²) in [5.74, 6) is 2.03. The quantitative estimate of drug-likeness (QED) is 0.304. The van der Waals surface area contributed by atoms with Gasteiger partial charge in [-0.25, -0.2) is 24.7 Å². The van der Waals surface area contributed by atoms with Gasteiger partial charge in [-0.1, -0.05) is 44.2 Å². The average Bonchev–Trinajstić information content (AvgIpc) is 3.09. The van der Waals surface area contributed by atoms with Crippen molar-refractivity contribution < 1.29 is 19.4 Å². The van der Waals surface area contributed by atoms with E-state index in [9.17, 15) is 9.90 Å². The molecule has 0 amide bonds. The maximum absolute atomic E-state index is 12.6. The first-order valence-electron chi connectivity index (χ1n) is 16.4. The van der Waals surface area contributed by atoms with E-state index in [1.54, 1.807) is 0 Å². The molecule has 0 bridgehead atoms. The van der Waals surface area contributed by atoms with Gasteiger partial charge in [-0.05, 0) is 80.9 Å². The lowest BCUT2D eigenvalue weighted by atomic mass is 9.92. The summed E-state index contributed by atoms with van der Waals surface area (Å²) in [6.45, 7) is 11.7. The van der Waals surface area contributed by atoms with Gasteiger partial charge >= 0.3 is 5.97 Å². The second-order valence-electron chi connectivity index (χ2n) is 12.0. The number of aliphatic hydroxyl groups is 1. The zero-order valence-corrected chi connectivity index (χ0v) is 27.5. The number of esters is 1. The lowest BCUT2D eigenvalue weighted by Crippen LogP contribution is -2.39. The van der Waals surface area contributed by atoms with Crippen molar-refractivity contribution in [2.45, 2.75) is 84.5 Å². The smallest absolute Gasteiger partial charge is 0.340 e. The molecule has 2 saturated heterocycles. The van der Waals surface area contributed by atoms with Crippen LogP contribution in [0.5, 0.6) is 0 Å². The van der Waals surface area contributed by atoms with Gasteiger partial charge in [0.05, 0.1) is 6.10 Å². The SMILES string of the molecule is CCc1cnc(N2CCC([C@H](C)O)CC2)nc1.CCc1cnc(N2CCC([C@H](C)OC(=O)[C@H](OC)c3ccccc3)CC2)nc1. The van der Waals surface area contributed by atoms with Crippen LogP contribution in [0.1, 0.15) is 76.2 Å². The van der Waals surface area contributed by atoms with Crippen LogP contribution in [0.2, 0.25) is 0 Å². The molecule has 0 aliphatic carbocycles. The van der Waals surface area contributed by atoms with E-state index in [-0.39, 0.29) is 18.2 Å². The predicted molar refractivity (Wildman–Crippen MR) is 176 cm³/mol. The molecule has 2 fully saturated rings. The summed E-state index contributed by atoms with van der Waals surface area (Å²) in [5, 5.41) is 9.55. The van der Waals surface area contributed by atoms with Crippen LogP contribution >= 0.6 is 0 Å². The number of anilines is 2. The highest BCUT2D eigenvalue weighted by Gasteiger charge is 2.30. The molecular formula is C35H50N6O4. The average molecular weight is 619 g/mol. The van der Waals surface area contributed by atoms with E-state index >= 15 is 0 Å². The number of aryl methyl sites for hydroxylation is 2. The topological polar surface area (TPSA) is 114 Å². The van der Waals surface area contributed by atoms with E-state index in [0.29, 0.717) is 11.8 Å². The molecule has 10 nitrogen and oxygen atoms in total. The van der Waals surface area contributed by atoms with E-state index in [2.05, 4.69) is 43.6 Å². The Hall–Kier alpha value is -3.63. The van der Waals surface area contributed by atoms with Crippen LogP contribution in [0.4, 0.5) is 11.9 Å². The number of hydrogen-bond donors (Lipinski definition) is 1. The van der Waals surface area contributed by atoms with Crippen molar-refractivity contribution in [1.82, 2.24) is 19.9 Å². The Kier molecular flexibility index (Phi) is 13.1. The number of hydrogen-bond acceptors (Lipinski definition) is 10. The van der Waals surface area contributed by atoms with Crippen LogP contribution in [-0.2, 0) is 27.1 Å². The normalized spacial score (nSPS) is 18.0. The highest BCUT2D eigenvalue weighted by Crippen LogP contribution is 2.27. The third-order valence-corrected chi connectivity index (χ3v) is 9.05. The molecule has 3 atom stereocenters. The van der Waals surface area contributed by atoms with Crippen LogP contribution in [0.25, 0.3) is 0 Å². The van der Waals surface area contributed by atoms with Crippen molar-refractivity contribution in [3.05, 3.63) is 71.8 Å². The third-order valence-electron chi connectivity index (χ3n) is 9.05. The first kappa shape index (κ1) is 34.2. The van der Waals surface area contributed by atoms with Gasteiger partial charge in [0.1, 0.15) is 6.10 Å². The largest absolute Gasteiger partial charge is 0.460 e. The van der Waals surface area contributed by atoms with Gasteiger partial charge in [0.2, 0.25) is 11.9 Å². The molecule has 1 N–H and O–H groups in total. The summed E-state index contributed by atoms with van der Waals surface area (Å²) >= 11 is 0. The summed E-state index contributed by atoms with van der Waals surface area (Å²) < 4.78 is 11.1. The number of nitrogens with zero attached hydrogens (tertiary/aromatic N) is 6. The minimum absolute atomic E-state index is 0.153. The van der Waals surface area contributed by atoms with Crippen molar-refractivity contribution in [3.63, 3.8) is 0 Å². The zero-order chi connectivity index (χ0) is 32.2. The molecule has 0 saturated carbocycles. The maximum Gasteiger partial charge on any atom is 0.340 e. The molecule has 2 aliphatic rings. The molecule has 10 heteroatoms. The second kappa shape index (κ2) is 17.2. The molecule has 1 aromatic carbocycles. The Morgan fingerprint density at radius 3 is 1.64 bits per heavy atom. The fourth-order valence-electron chi connectivity index (χ4n) is 5.88. The van der Waals surface area contributed by atoms with E-state index in [1.807, 2.05) is 69.0 Å². The first-order chi connectivity index (χ1) is 21.8. The Morgan fingerprint density at radius 2 is 1.24 bits per heavy atom. The minimum atomic E-state index is -0.686. The summed E-state index contributed by atoms with van der Waals surface area (Å²) in [7, 11) is 1.53. The molecule has 2 aromatic heterocycles. The summed E-state index contributed by atoms with van der Waals surface area (Å²) in [6, 6.07) is 9.45. The minimum Gasteiger partial charge on any atom is -0.460 e. The molecule has 3 aromatic rings. The third kappa shape index (κ3) is 9.68. The van der Waals surface area contributed by atoms with Gasteiger partial charge in [0.15, 0.2) is 6.10 Å².